The van der Waals surface area contributed by atoms with Crippen molar-refractivity contribution in [2.75, 3.05) is 5.73 Å². The summed E-state index contributed by atoms with van der Waals surface area (Å²) in [6.45, 7) is 2.68. The van der Waals surface area contributed by atoms with E-state index >= 15 is 0 Å². The first-order chi connectivity index (χ1) is 8.61. The van der Waals surface area contributed by atoms with Crippen LogP contribution in [0.4, 0.5) is 5.69 Å². The fourth-order valence-corrected chi connectivity index (χ4v) is 1.52. The molecule has 1 aromatic carbocycles. The van der Waals surface area contributed by atoms with Crippen LogP contribution in [0.3, 0.4) is 0 Å². The molecule has 0 radical (unpaired) electrons. The van der Waals surface area contributed by atoms with Crippen LogP contribution in [0.25, 0.3) is 0 Å². The van der Waals surface area contributed by atoms with Crippen LogP contribution in [0, 0.1) is 0 Å². The molecule has 3 N–H and O–H groups in total. The number of carboxylic acids is 1. The molecule has 6 heteroatoms. The van der Waals surface area contributed by atoms with Crippen molar-refractivity contribution in [3.05, 3.63) is 36.2 Å². The molecule has 2 aromatic rings. The molecule has 0 atom stereocenters. The number of aromatic nitrogens is 2. The maximum absolute atomic E-state index is 10.9. The number of aryl methyl sites for hydroxylation is 1. The Hall–Kier alpha value is -2.50. The van der Waals surface area contributed by atoms with Gasteiger partial charge in [-0.1, -0.05) is 6.07 Å². The van der Waals surface area contributed by atoms with Crippen LogP contribution >= 0.6 is 0 Å². The molecule has 0 saturated heterocycles. The lowest BCUT2D eigenvalue weighted by molar-refractivity contribution is 0.0697. The molecule has 1 heterocycles. The highest BCUT2D eigenvalue weighted by molar-refractivity contribution is 5.95. The molecule has 0 bridgehead atoms. The van der Waals surface area contributed by atoms with Crippen molar-refractivity contribution >= 4 is 11.7 Å². The van der Waals surface area contributed by atoms with Crippen LogP contribution < -0.4 is 10.5 Å². The first-order valence-corrected chi connectivity index (χ1v) is 5.44. The van der Waals surface area contributed by atoms with E-state index in [2.05, 4.69) is 5.10 Å². The Morgan fingerprint density at radius 3 is 2.94 bits per heavy atom. The number of benzene rings is 1. The molecule has 2 rings (SSSR count). The monoisotopic (exact) mass is 247 g/mol. The van der Waals surface area contributed by atoms with E-state index in [0.717, 1.165) is 6.54 Å². The van der Waals surface area contributed by atoms with Gasteiger partial charge in [0.05, 0.1) is 23.6 Å². The lowest BCUT2D eigenvalue weighted by Gasteiger charge is -2.08. The number of carboxylic acid groups (broad SMARTS) is 1. The van der Waals surface area contributed by atoms with Crippen molar-refractivity contribution < 1.29 is 14.6 Å². The number of nitrogens with zero attached hydrogens (tertiary/aromatic N) is 2. The second-order valence-electron chi connectivity index (χ2n) is 3.66. The zero-order chi connectivity index (χ0) is 13.1. The third-order valence-electron chi connectivity index (χ3n) is 2.46. The minimum atomic E-state index is -1.08. The van der Waals surface area contributed by atoms with E-state index in [1.807, 2.05) is 6.92 Å². The predicted molar refractivity (Wildman–Crippen MR) is 65.8 cm³/mol. The average Bonchev–Trinajstić information content (AvgIpc) is 2.79. The molecule has 6 nitrogen and oxygen atoms in total. The molecule has 1 aromatic heterocycles. The first kappa shape index (κ1) is 12.0. The Bertz CT molecular complexity index is 578. The van der Waals surface area contributed by atoms with E-state index in [-0.39, 0.29) is 11.3 Å². The van der Waals surface area contributed by atoms with Crippen LogP contribution in [-0.4, -0.2) is 20.9 Å². The SMILES string of the molecule is CCn1cc(Oc2cccc(C(=O)O)c2N)cn1. The van der Waals surface area contributed by atoms with Crippen molar-refractivity contribution in [2.45, 2.75) is 13.5 Å². The van der Waals surface area contributed by atoms with Gasteiger partial charge in [-0.15, -0.1) is 0 Å². The van der Waals surface area contributed by atoms with E-state index < -0.39 is 5.97 Å². The Labute approximate surface area is 104 Å². The number of hydrogen-bond donors (Lipinski definition) is 2. The van der Waals surface area contributed by atoms with Gasteiger partial charge in [-0.25, -0.2) is 4.79 Å². The second-order valence-corrected chi connectivity index (χ2v) is 3.66. The summed E-state index contributed by atoms with van der Waals surface area (Å²) < 4.78 is 7.21. The number of aromatic carboxylic acids is 1. The normalized spacial score (nSPS) is 10.3. The van der Waals surface area contributed by atoms with Gasteiger partial charge in [0.15, 0.2) is 11.5 Å². The summed E-state index contributed by atoms with van der Waals surface area (Å²) in [4.78, 5) is 10.9. The van der Waals surface area contributed by atoms with Crippen LogP contribution in [0.1, 0.15) is 17.3 Å². The molecular formula is C12H13N3O3. The lowest BCUT2D eigenvalue weighted by Crippen LogP contribution is -2.03. The van der Waals surface area contributed by atoms with Gasteiger partial charge in [0.2, 0.25) is 0 Å². The summed E-state index contributed by atoms with van der Waals surface area (Å²) in [6, 6.07) is 4.63. The number of para-hydroxylation sites is 1. The smallest absolute Gasteiger partial charge is 0.337 e. The van der Waals surface area contributed by atoms with Crippen molar-refractivity contribution in [3.8, 4) is 11.5 Å². The van der Waals surface area contributed by atoms with Crippen LogP contribution in [0.15, 0.2) is 30.6 Å². The van der Waals surface area contributed by atoms with Crippen molar-refractivity contribution in [1.82, 2.24) is 9.78 Å². The largest absolute Gasteiger partial charge is 0.478 e. The maximum Gasteiger partial charge on any atom is 0.337 e. The molecule has 0 spiro atoms. The summed E-state index contributed by atoms with van der Waals surface area (Å²) in [6.07, 6.45) is 3.27. The zero-order valence-electron chi connectivity index (χ0n) is 9.83. The quantitative estimate of drug-likeness (QED) is 0.806. The number of carbonyl (C=O) groups is 1. The van der Waals surface area contributed by atoms with E-state index in [4.69, 9.17) is 15.6 Å². The molecule has 94 valence electrons. The van der Waals surface area contributed by atoms with Gasteiger partial charge in [-0.3, -0.25) is 4.68 Å². The van der Waals surface area contributed by atoms with Crippen molar-refractivity contribution in [3.63, 3.8) is 0 Å². The minimum absolute atomic E-state index is 0.0235. The molecule has 0 fully saturated rings. The van der Waals surface area contributed by atoms with Gasteiger partial charge >= 0.3 is 5.97 Å². The standard InChI is InChI=1S/C12H13N3O3/c1-2-15-7-8(6-14-15)18-10-5-3-4-9(11(10)13)12(16)17/h3-7H,2,13H2,1H3,(H,16,17). The van der Waals surface area contributed by atoms with Gasteiger partial charge in [0.1, 0.15) is 0 Å². The molecule has 0 aliphatic rings. The van der Waals surface area contributed by atoms with Gasteiger partial charge in [-0.05, 0) is 19.1 Å². The number of nitrogen functional groups attached to an aromatic ring is 1. The summed E-state index contributed by atoms with van der Waals surface area (Å²) in [7, 11) is 0. The number of ether oxygens (including phenoxy) is 1. The van der Waals surface area contributed by atoms with Crippen molar-refractivity contribution in [1.29, 1.82) is 0 Å². The van der Waals surface area contributed by atoms with Crippen LogP contribution in [-0.2, 0) is 6.54 Å². The van der Waals surface area contributed by atoms with Crippen LogP contribution in [0.2, 0.25) is 0 Å². The molecule has 0 amide bonds. The Kier molecular flexibility index (Phi) is 3.18. The molecule has 18 heavy (non-hydrogen) atoms. The third-order valence-corrected chi connectivity index (χ3v) is 2.46. The highest BCUT2D eigenvalue weighted by atomic mass is 16.5. The lowest BCUT2D eigenvalue weighted by atomic mass is 10.1. The molecule has 0 aliphatic carbocycles. The van der Waals surface area contributed by atoms with Gasteiger partial charge in [-0.2, -0.15) is 5.10 Å². The molecule has 0 saturated carbocycles. The highest BCUT2D eigenvalue weighted by Gasteiger charge is 2.12. The maximum atomic E-state index is 10.9. The summed E-state index contributed by atoms with van der Waals surface area (Å²) in [5, 5.41) is 13.0. The fourth-order valence-electron chi connectivity index (χ4n) is 1.52. The van der Waals surface area contributed by atoms with E-state index in [0.29, 0.717) is 11.5 Å². The topological polar surface area (TPSA) is 90.4 Å². The molecule has 0 unspecified atom stereocenters. The number of nitrogens with two attached hydrogens (primary N) is 1. The van der Waals surface area contributed by atoms with E-state index in [1.165, 1.54) is 6.07 Å². The zero-order valence-corrected chi connectivity index (χ0v) is 9.83. The van der Waals surface area contributed by atoms with E-state index in [1.54, 1.807) is 29.2 Å². The average molecular weight is 247 g/mol. The number of rotatable bonds is 4. The predicted octanol–water partition coefficient (Wildman–Crippen LogP) is 1.98. The summed E-state index contributed by atoms with van der Waals surface area (Å²) in [5.41, 5.74) is 5.87. The van der Waals surface area contributed by atoms with E-state index in [9.17, 15) is 4.79 Å². The van der Waals surface area contributed by atoms with Crippen LogP contribution in [0.5, 0.6) is 11.5 Å². The molecular weight excluding hydrogens is 234 g/mol. The summed E-state index contributed by atoms with van der Waals surface area (Å²) >= 11 is 0. The Morgan fingerprint density at radius 1 is 1.56 bits per heavy atom. The first-order valence-electron chi connectivity index (χ1n) is 5.44. The Morgan fingerprint density at radius 2 is 2.33 bits per heavy atom. The second kappa shape index (κ2) is 4.79. The van der Waals surface area contributed by atoms with Gasteiger partial charge in [0, 0.05) is 6.54 Å². The summed E-state index contributed by atoms with van der Waals surface area (Å²) in [5.74, 6) is -0.251. The fraction of sp³-hybridized carbons (Fsp3) is 0.167. The third kappa shape index (κ3) is 2.27. The minimum Gasteiger partial charge on any atom is -0.478 e. The molecule has 0 aliphatic heterocycles. The van der Waals surface area contributed by atoms with Gasteiger partial charge in [0.25, 0.3) is 0 Å². The number of hydrogen-bond acceptors (Lipinski definition) is 4. The Balaban J connectivity index is 2.29. The highest BCUT2D eigenvalue weighted by Crippen LogP contribution is 2.29. The van der Waals surface area contributed by atoms with Gasteiger partial charge < -0.3 is 15.6 Å². The number of anilines is 1. The van der Waals surface area contributed by atoms with Crippen molar-refractivity contribution in [2.24, 2.45) is 0 Å².